The van der Waals surface area contributed by atoms with Crippen molar-refractivity contribution in [3.63, 3.8) is 0 Å². The summed E-state index contributed by atoms with van der Waals surface area (Å²) in [6.45, 7) is 3.82. The first-order chi connectivity index (χ1) is 5.88. The van der Waals surface area contributed by atoms with Crippen molar-refractivity contribution in [1.29, 1.82) is 0 Å². The Morgan fingerprint density at radius 1 is 1.23 bits per heavy atom. The van der Waals surface area contributed by atoms with E-state index in [1.54, 1.807) is 12.1 Å². The number of hydrogen-bond donors (Lipinski definition) is 0. The van der Waals surface area contributed by atoms with E-state index in [9.17, 15) is 13.0 Å². The van der Waals surface area contributed by atoms with E-state index >= 15 is 0 Å². The van der Waals surface area contributed by atoms with Crippen LogP contribution in [0.2, 0.25) is 0 Å². The van der Waals surface area contributed by atoms with Crippen LogP contribution in [0, 0.1) is 13.8 Å². The van der Waals surface area contributed by atoms with Gasteiger partial charge in [0.1, 0.15) is 0 Å². The molecule has 0 fully saturated rings. The standard InChI is InChI=1S/C9H12O3S/c1-7-3-4-9(5-8(7)2)6-13(10,11)12/h3-5H,6H2,1-2H3,(H,10,11,12)/p-1. The van der Waals surface area contributed by atoms with Gasteiger partial charge in [-0.05, 0) is 30.5 Å². The Bertz CT molecular complexity index is 407. The van der Waals surface area contributed by atoms with Crippen molar-refractivity contribution < 1.29 is 13.0 Å². The highest BCUT2D eigenvalue weighted by Crippen LogP contribution is 2.11. The molecule has 0 unspecified atom stereocenters. The van der Waals surface area contributed by atoms with Crippen molar-refractivity contribution in [2.75, 3.05) is 0 Å². The van der Waals surface area contributed by atoms with Gasteiger partial charge in [0, 0.05) is 0 Å². The zero-order valence-electron chi connectivity index (χ0n) is 7.57. The Morgan fingerprint density at radius 2 is 1.85 bits per heavy atom. The second kappa shape index (κ2) is 3.47. The lowest BCUT2D eigenvalue weighted by Gasteiger charge is -2.08. The summed E-state index contributed by atoms with van der Waals surface area (Å²) in [6.07, 6.45) is 0. The van der Waals surface area contributed by atoms with Crippen LogP contribution in [0.5, 0.6) is 0 Å². The zero-order chi connectivity index (χ0) is 10.1. The highest BCUT2D eigenvalue weighted by Gasteiger charge is 2.00. The van der Waals surface area contributed by atoms with Crippen LogP contribution >= 0.6 is 0 Å². The average Bonchev–Trinajstić information content (AvgIpc) is 1.94. The molecule has 0 N–H and O–H groups in total. The predicted molar refractivity (Wildman–Crippen MR) is 49.3 cm³/mol. The first kappa shape index (κ1) is 10.2. The summed E-state index contributed by atoms with van der Waals surface area (Å²) in [6, 6.07) is 5.21. The van der Waals surface area contributed by atoms with Gasteiger partial charge in [-0.1, -0.05) is 18.2 Å². The molecule has 0 amide bonds. The molecular weight excluding hydrogens is 188 g/mol. The lowest BCUT2D eigenvalue weighted by atomic mass is 10.1. The third-order valence-electron chi connectivity index (χ3n) is 1.91. The third-order valence-corrected chi connectivity index (χ3v) is 2.60. The zero-order valence-corrected chi connectivity index (χ0v) is 8.39. The van der Waals surface area contributed by atoms with Gasteiger partial charge in [-0.25, -0.2) is 8.42 Å². The summed E-state index contributed by atoms with van der Waals surface area (Å²) in [5, 5.41) is 0. The largest absolute Gasteiger partial charge is 0.748 e. The maximum atomic E-state index is 10.4. The molecule has 0 spiro atoms. The average molecular weight is 199 g/mol. The smallest absolute Gasteiger partial charge is 0.0988 e. The minimum atomic E-state index is -4.16. The fourth-order valence-corrected chi connectivity index (χ4v) is 1.69. The van der Waals surface area contributed by atoms with Crippen LogP contribution in [0.25, 0.3) is 0 Å². The number of hydrogen-bond acceptors (Lipinski definition) is 3. The molecule has 4 heteroatoms. The van der Waals surface area contributed by atoms with E-state index in [1.165, 1.54) is 0 Å². The fourth-order valence-electron chi connectivity index (χ4n) is 1.10. The van der Waals surface area contributed by atoms with Gasteiger partial charge in [-0.3, -0.25) is 0 Å². The molecule has 1 rings (SSSR count). The summed E-state index contributed by atoms with van der Waals surface area (Å²) < 4.78 is 31.3. The molecular formula is C9H11O3S-. The van der Waals surface area contributed by atoms with Gasteiger partial charge in [-0.15, -0.1) is 0 Å². The van der Waals surface area contributed by atoms with Crippen molar-refractivity contribution in [2.24, 2.45) is 0 Å². The molecule has 0 heterocycles. The number of benzene rings is 1. The maximum Gasteiger partial charge on any atom is 0.0988 e. The Balaban J connectivity index is 2.99. The number of aryl methyl sites for hydroxylation is 2. The van der Waals surface area contributed by atoms with Crippen LogP contribution in [-0.4, -0.2) is 13.0 Å². The minimum absolute atomic E-state index is 0.423. The predicted octanol–water partition coefficient (Wildman–Crippen LogP) is 1.35. The molecule has 0 atom stereocenters. The molecule has 13 heavy (non-hydrogen) atoms. The summed E-state index contributed by atoms with van der Waals surface area (Å²) in [5.41, 5.74) is 2.64. The quantitative estimate of drug-likeness (QED) is 0.675. The molecule has 72 valence electrons. The second-order valence-corrected chi connectivity index (χ2v) is 4.52. The Hall–Kier alpha value is -0.870. The highest BCUT2D eigenvalue weighted by molar-refractivity contribution is 7.84. The van der Waals surface area contributed by atoms with Gasteiger partial charge in [-0.2, -0.15) is 0 Å². The Morgan fingerprint density at radius 3 is 2.31 bits per heavy atom. The summed E-state index contributed by atoms with van der Waals surface area (Å²) in [5.74, 6) is -0.423. The first-order valence-electron chi connectivity index (χ1n) is 3.88. The third kappa shape index (κ3) is 3.16. The highest BCUT2D eigenvalue weighted by atomic mass is 32.2. The van der Waals surface area contributed by atoms with E-state index in [-0.39, 0.29) is 0 Å². The van der Waals surface area contributed by atoms with E-state index in [4.69, 9.17) is 0 Å². The summed E-state index contributed by atoms with van der Waals surface area (Å²) >= 11 is 0. The van der Waals surface area contributed by atoms with Gasteiger partial charge >= 0.3 is 0 Å². The topological polar surface area (TPSA) is 57.2 Å². The van der Waals surface area contributed by atoms with Crippen molar-refractivity contribution in [2.45, 2.75) is 19.6 Å². The van der Waals surface area contributed by atoms with Crippen LogP contribution < -0.4 is 0 Å². The van der Waals surface area contributed by atoms with Crippen molar-refractivity contribution in [3.05, 3.63) is 34.9 Å². The van der Waals surface area contributed by atoms with E-state index in [1.807, 2.05) is 19.9 Å². The van der Waals surface area contributed by atoms with Crippen molar-refractivity contribution >= 4 is 10.1 Å². The Kier molecular flexibility index (Phi) is 2.73. The van der Waals surface area contributed by atoms with E-state index < -0.39 is 15.9 Å². The molecule has 0 saturated carbocycles. The first-order valence-corrected chi connectivity index (χ1v) is 5.46. The van der Waals surface area contributed by atoms with Gasteiger partial charge in [0.2, 0.25) is 0 Å². The molecule has 1 aromatic rings. The van der Waals surface area contributed by atoms with E-state index in [0.29, 0.717) is 5.56 Å². The van der Waals surface area contributed by atoms with Crippen LogP contribution in [0.3, 0.4) is 0 Å². The monoisotopic (exact) mass is 199 g/mol. The second-order valence-electron chi connectivity index (χ2n) is 3.12. The minimum Gasteiger partial charge on any atom is -0.748 e. The molecule has 0 bridgehead atoms. The van der Waals surface area contributed by atoms with Crippen LogP contribution in [-0.2, 0) is 15.9 Å². The van der Waals surface area contributed by atoms with Crippen LogP contribution in [0.1, 0.15) is 16.7 Å². The van der Waals surface area contributed by atoms with Gasteiger partial charge < -0.3 is 4.55 Å². The molecule has 1 aromatic carbocycles. The van der Waals surface area contributed by atoms with E-state index in [2.05, 4.69) is 0 Å². The SMILES string of the molecule is Cc1ccc(CS(=O)(=O)[O-])cc1C. The number of rotatable bonds is 2. The van der Waals surface area contributed by atoms with Gasteiger partial charge in [0.25, 0.3) is 0 Å². The molecule has 0 aliphatic rings. The maximum absolute atomic E-state index is 10.4. The van der Waals surface area contributed by atoms with Crippen LogP contribution in [0.4, 0.5) is 0 Å². The normalized spacial score (nSPS) is 11.6. The lowest BCUT2D eigenvalue weighted by molar-refractivity contribution is 0.462. The molecule has 0 radical (unpaired) electrons. The van der Waals surface area contributed by atoms with Crippen molar-refractivity contribution in [1.82, 2.24) is 0 Å². The lowest BCUT2D eigenvalue weighted by Crippen LogP contribution is -2.02. The molecule has 3 nitrogen and oxygen atoms in total. The fraction of sp³-hybridized carbons (Fsp3) is 0.333. The summed E-state index contributed by atoms with van der Waals surface area (Å²) in [4.78, 5) is 0. The van der Waals surface area contributed by atoms with Crippen LogP contribution in [0.15, 0.2) is 18.2 Å². The summed E-state index contributed by atoms with van der Waals surface area (Å²) in [7, 11) is -4.16. The molecule has 0 aliphatic carbocycles. The molecule has 0 aromatic heterocycles. The Labute approximate surface area is 78.2 Å². The van der Waals surface area contributed by atoms with Gasteiger partial charge in [0.05, 0.1) is 15.9 Å². The van der Waals surface area contributed by atoms with Crippen molar-refractivity contribution in [3.8, 4) is 0 Å². The van der Waals surface area contributed by atoms with E-state index in [0.717, 1.165) is 11.1 Å². The molecule has 0 aliphatic heterocycles. The van der Waals surface area contributed by atoms with Gasteiger partial charge in [0.15, 0.2) is 0 Å². The molecule has 0 saturated heterocycles.